The maximum atomic E-state index is 12.4. The molecular formula is C19H17N5O2. The molecule has 7 nitrogen and oxygen atoms in total. The number of rotatable bonds is 4. The van der Waals surface area contributed by atoms with E-state index in [0.29, 0.717) is 22.6 Å². The molecule has 3 rings (SSSR count). The summed E-state index contributed by atoms with van der Waals surface area (Å²) < 4.78 is 0. The standard InChI is InChI=1S/C19H17N5O2/c1-12-13(2)21-24-19(26)17(12)18(25)20-14-8-10-16(11-9-14)23-22-15-6-4-3-5-7-15/h3-11H,1-2H3,(H,20,25)(H,24,26). The number of aromatic amines is 1. The maximum Gasteiger partial charge on any atom is 0.277 e. The molecule has 1 heterocycles. The predicted molar refractivity (Wildman–Crippen MR) is 99.3 cm³/mol. The van der Waals surface area contributed by atoms with Gasteiger partial charge >= 0.3 is 0 Å². The third-order valence-corrected chi connectivity index (χ3v) is 3.86. The van der Waals surface area contributed by atoms with Crippen LogP contribution < -0.4 is 10.9 Å². The van der Waals surface area contributed by atoms with E-state index in [0.717, 1.165) is 5.69 Å². The molecule has 0 saturated carbocycles. The molecule has 7 heteroatoms. The average molecular weight is 347 g/mol. The minimum atomic E-state index is -0.515. The van der Waals surface area contributed by atoms with Crippen LogP contribution in [0.15, 0.2) is 69.6 Å². The molecular weight excluding hydrogens is 330 g/mol. The van der Waals surface area contributed by atoms with Gasteiger partial charge in [0.2, 0.25) is 0 Å². The first kappa shape index (κ1) is 17.2. The van der Waals surface area contributed by atoms with Crippen LogP contribution in [0.5, 0.6) is 0 Å². The summed E-state index contributed by atoms with van der Waals surface area (Å²) in [6.07, 6.45) is 0. The summed E-state index contributed by atoms with van der Waals surface area (Å²) in [6, 6.07) is 16.3. The van der Waals surface area contributed by atoms with Crippen LogP contribution >= 0.6 is 0 Å². The number of anilines is 1. The first-order chi connectivity index (χ1) is 12.5. The van der Waals surface area contributed by atoms with Crippen molar-refractivity contribution in [1.82, 2.24) is 10.2 Å². The van der Waals surface area contributed by atoms with Crippen LogP contribution in [-0.4, -0.2) is 16.1 Å². The molecule has 0 radical (unpaired) electrons. The van der Waals surface area contributed by atoms with Crippen molar-refractivity contribution >= 4 is 23.0 Å². The summed E-state index contributed by atoms with van der Waals surface area (Å²) in [5, 5.41) is 17.2. The van der Waals surface area contributed by atoms with Crippen LogP contribution in [-0.2, 0) is 0 Å². The molecule has 0 bridgehead atoms. The molecule has 0 atom stereocenters. The fourth-order valence-corrected chi connectivity index (χ4v) is 2.31. The SMILES string of the molecule is Cc1n[nH]c(=O)c(C(=O)Nc2ccc(N=Nc3ccccc3)cc2)c1C. The van der Waals surface area contributed by atoms with Gasteiger partial charge in [-0.3, -0.25) is 9.59 Å². The van der Waals surface area contributed by atoms with Crippen molar-refractivity contribution in [3.8, 4) is 0 Å². The highest BCUT2D eigenvalue weighted by molar-refractivity contribution is 6.05. The van der Waals surface area contributed by atoms with Crippen molar-refractivity contribution in [2.24, 2.45) is 10.2 Å². The van der Waals surface area contributed by atoms with Gasteiger partial charge in [0.05, 0.1) is 17.1 Å². The van der Waals surface area contributed by atoms with Crippen molar-refractivity contribution in [3.05, 3.63) is 81.8 Å². The number of azo groups is 1. The van der Waals surface area contributed by atoms with Gasteiger partial charge in [0, 0.05) is 5.69 Å². The molecule has 2 aromatic carbocycles. The van der Waals surface area contributed by atoms with E-state index in [-0.39, 0.29) is 5.56 Å². The predicted octanol–water partition coefficient (Wildman–Crippen LogP) is 4.05. The number of benzene rings is 2. The lowest BCUT2D eigenvalue weighted by atomic mass is 10.1. The first-order valence-electron chi connectivity index (χ1n) is 7.98. The number of amides is 1. The fraction of sp³-hybridized carbons (Fsp3) is 0.105. The summed E-state index contributed by atoms with van der Waals surface area (Å²) in [4.78, 5) is 24.3. The molecule has 0 aliphatic heterocycles. The molecule has 3 aromatic rings. The van der Waals surface area contributed by atoms with Gasteiger partial charge in [-0.15, -0.1) is 0 Å². The summed E-state index contributed by atoms with van der Waals surface area (Å²) in [7, 11) is 0. The number of nitrogens with zero attached hydrogens (tertiary/aromatic N) is 3. The lowest BCUT2D eigenvalue weighted by Crippen LogP contribution is -2.26. The Hall–Kier alpha value is -3.61. The highest BCUT2D eigenvalue weighted by Crippen LogP contribution is 2.20. The van der Waals surface area contributed by atoms with Crippen LogP contribution in [0.4, 0.5) is 17.1 Å². The van der Waals surface area contributed by atoms with Crippen LogP contribution in [0.2, 0.25) is 0 Å². The highest BCUT2D eigenvalue weighted by atomic mass is 16.2. The minimum Gasteiger partial charge on any atom is -0.322 e. The van der Waals surface area contributed by atoms with Crippen LogP contribution in [0.1, 0.15) is 21.6 Å². The van der Waals surface area contributed by atoms with E-state index in [1.807, 2.05) is 30.3 Å². The van der Waals surface area contributed by atoms with Gasteiger partial charge in [0.15, 0.2) is 0 Å². The Kier molecular flexibility index (Phi) is 4.98. The van der Waals surface area contributed by atoms with Crippen LogP contribution in [0, 0.1) is 13.8 Å². The molecule has 0 fully saturated rings. The van der Waals surface area contributed by atoms with Crippen LogP contribution in [0.25, 0.3) is 0 Å². The monoisotopic (exact) mass is 347 g/mol. The number of carbonyl (C=O) groups is 1. The second kappa shape index (κ2) is 7.52. The zero-order chi connectivity index (χ0) is 18.5. The van der Waals surface area contributed by atoms with Crippen molar-refractivity contribution in [1.29, 1.82) is 0 Å². The van der Waals surface area contributed by atoms with E-state index >= 15 is 0 Å². The molecule has 0 aliphatic rings. The van der Waals surface area contributed by atoms with Gasteiger partial charge in [-0.25, -0.2) is 5.10 Å². The third-order valence-electron chi connectivity index (χ3n) is 3.86. The molecule has 0 spiro atoms. The first-order valence-corrected chi connectivity index (χ1v) is 7.98. The molecule has 0 saturated heterocycles. The Morgan fingerprint density at radius 2 is 1.58 bits per heavy atom. The van der Waals surface area contributed by atoms with Gasteiger partial charge in [-0.2, -0.15) is 15.3 Å². The minimum absolute atomic E-state index is 0.0605. The van der Waals surface area contributed by atoms with E-state index in [2.05, 4.69) is 25.7 Å². The van der Waals surface area contributed by atoms with Crippen molar-refractivity contribution in [2.75, 3.05) is 5.32 Å². The second-order valence-corrected chi connectivity index (χ2v) is 5.67. The van der Waals surface area contributed by atoms with Crippen molar-refractivity contribution in [3.63, 3.8) is 0 Å². The molecule has 26 heavy (non-hydrogen) atoms. The number of aromatic nitrogens is 2. The smallest absolute Gasteiger partial charge is 0.277 e. The van der Waals surface area contributed by atoms with E-state index in [1.54, 1.807) is 38.1 Å². The van der Waals surface area contributed by atoms with Crippen molar-refractivity contribution in [2.45, 2.75) is 13.8 Å². The van der Waals surface area contributed by atoms with Gasteiger partial charge in [-0.1, -0.05) is 18.2 Å². The molecule has 2 N–H and O–H groups in total. The lowest BCUT2D eigenvalue weighted by molar-refractivity contribution is 0.102. The second-order valence-electron chi connectivity index (χ2n) is 5.67. The van der Waals surface area contributed by atoms with Gasteiger partial charge in [0.1, 0.15) is 5.56 Å². The number of aryl methyl sites for hydroxylation is 1. The maximum absolute atomic E-state index is 12.4. The third kappa shape index (κ3) is 3.89. The zero-order valence-electron chi connectivity index (χ0n) is 14.4. The Balaban J connectivity index is 1.74. The quantitative estimate of drug-likeness (QED) is 0.696. The Bertz CT molecular complexity index is 1010. The lowest BCUT2D eigenvalue weighted by Gasteiger charge is -2.08. The Morgan fingerprint density at radius 3 is 2.23 bits per heavy atom. The van der Waals surface area contributed by atoms with Crippen LogP contribution in [0.3, 0.4) is 0 Å². The molecule has 1 amide bonds. The Morgan fingerprint density at radius 1 is 0.962 bits per heavy atom. The normalized spacial score (nSPS) is 10.8. The number of carbonyl (C=O) groups excluding carboxylic acids is 1. The topological polar surface area (TPSA) is 99.6 Å². The Labute approximate surface area is 149 Å². The molecule has 130 valence electrons. The number of hydrogen-bond acceptors (Lipinski definition) is 5. The number of H-pyrrole nitrogens is 1. The zero-order valence-corrected chi connectivity index (χ0v) is 14.4. The fourth-order valence-electron chi connectivity index (χ4n) is 2.31. The molecule has 0 unspecified atom stereocenters. The molecule has 1 aromatic heterocycles. The summed E-state index contributed by atoms with van der Waals surface area (Å²) in [5.74, 6) is -0.479. The summed E-state index contributed by atoms with van der Waals surface area (Å²) in [6.45, 7) is 3.42. The van der Waals surface area contributed by atoms with E-state index in [1.165, 1.54) is 0 Å². The number of hydrogen-bond donors (Lipinski definition) is 2. The average Bonchev–Trinajstić information content (AvgIpc) is 2.65. The summed E-state index contributed by atoms with van der Waals surface area (Å²) >= 11 is 0. The largest absolute Gasteiger partial charge is 0.322 e. The van der Waals surface area contributed by atoms with Crippen molar-refractivity contribution < 1.29 is 4.79 Å². The van der Waals surface area contributed by atoms with E-state index in [9.17, 15) is 9.59 Å². The van der Waals surface area contributed by atoms with Gasteiger partial charge < -0.3 is 5.32 Å². The van der Waals surface area contributed by atoms with E-state index < -0.39 is 11.5 Å². The summed E-state index contributed by atoms with van der Waals surface area (Å²) in [5.41, 5.74) is 2.67. The molecule has 0 aliphatic carbocycles. The van der Waals surface area contributed by atoms with Gasteiger partial charge in [0.25, 0.3) is 11.5 Å². The van der Waals surface area contributed by atoms with Gasteiger partial charge in [-0.05, 0) is 55.8 Å². The number of nitrogens with one attached hydrogen (secondary N) is 2. The highest BCUT2D eigenvalue weighted by Gasteiger charge is 2.16. The van der Waals surface area contributed by atoms with E-state index in [4.69, 9.17) is 0 Å².